The van der Waals surface area contributed by atoms with E-state index < -0.39 is 0 Å². The first-order chi connectivity index (χ1) is 40.0. The van der Waals surface area contributed by atoms with Crippen LogP contribution in [-0.4, -0.2) is 50.1 Å². The summed E-state index contributed by atoms with van der Waals surface area (Å²) in [6, 6.07) is 55.2. The number of aromatic amines is 2. The van der Waals surface area contributed by atoms with E-state index in [0.29, 0.717) is 45.9 Å². The van der Waals surface area contributed by atoms with Crippen molar-refractivity contribution in [3.05, 3.63) is 191 Å². The molecule has 0 spiro atoms. The lowest BCUT2D eigenvalue weighted by Crippen LogP contribution is -2.16. The van der Waals surface area contributed by atoms with Gasteiger partial charge in [0.2, 0.25) is 0 Å². The molecule has 10 nitrogen and oxygen atoms in total. The molecular weight excluding hydrogens is 1030 g/mol. The summed E-state index contributed by atoms with van der Waals surface area (Å²) >= 11 is 0. The first-order valence-electron chi connectivity index (χ1n) is 29.1. The van der Waals surface area contributed by atoms with E-state index in [2.05, 4.69) is 214 Å². The van der Waals surface area contributed by atoms with Crippen LogP contribution in [0.2, 0.25) is 0 Å². The smallest absolute Gasteiger partial charge is 0.165 e. The summed E-state index contributed by atoms with van der Waals surface area (Å²) in [5, 5.41) is 24.2. The minimum absolute atomic E-state index is 0.0975. The molecule has 11 aromatic rings. The lowest BCUT2D eigenvalue weighted by Gasteiger charge is -2.26. The summed E-state index contributed by atoms with van der Waals surface area (Å²) in [6.07, 6.45) is 0. The van der Waals surface area contributed by atoms with Gasteiger partial charge in [-0.05, 0) is 112 Å². The molecule has 5 heterocycles. The van der Waals surface area contributed by atoms with E-state index >= 15 is 0 Å². The van der Waals surface area contributed by atoms with Crippen molar-refractivity contribution in [2.45, 2.75) is 118 Å². The van der Waals surface area contributed by atoms with Gasteiger partial charge in [0.1, 0.15) is 22.6 Å². The van der Waals surface area contributed by atoms with Crippen LogP contribution >= 0.6 is 0 Å². The fourth-order valence-corrected chi connectivity index (χ4v) is 11.9. The van der Waals surface area contributed by atoms with Crippen LogP contribution in [-0.2, 0) is 34.9 Å². The maximum absolute atomic E-state index is 10.4. The Balaban J connectivity index is 1.20. The average molecular weight is 1100 g/mol. The highest BCUT2D eigenvalue weighted by Crippen LogP contribution is 2.47. The molecule has 0 radical (unpaired) electrons. The van der Waals surface area contributed by atoms with Gasteiger partial charge >= 0.3 is 0 Å². The van der Waals surface area contributed by atoms with Crippen LogP contribution in [0, 0.1) is 0 Å². The maximum atomic E-state index is 10.4. The van der Waals surface area contributed by atoms with Gasteiger partial charge in [-0.3, -0.25) is 0 Å². The van der Waals surface area contributed by atoms with E-state index in [0.717, 1.165) is 99.4 Å². The number of nitrogens with one attached hydrogen (secondary N) is 2. The molecule has 8 bridgehead atoms. The number of hydrogen-bond acceptors (Lipinski definition) is 8. The Kier molecular flexibility index (Phi) is 12.8. The van der Waals surface area contributed by atoms with Crippen LogP contribution in [0.1, 0.15) is 116 Å². The van der Waals surface area contributed by atoms with E-state index in [1.165, 1.54) is 22.3 Å². The molecule has 0 aliphatic carbocycles. The molecule has 418 valence electrons. The fraction of sp³-hybridized carbons (Fsp3) is 0.243. The number of aromatic nitrogens is 8. The van der Waals surface area contributed by atoms with Crippen molar-refractivity contribution >= 4 is 44.1 Å². The van der Waals surface area contributed by atoms with Crippen molar-refractivity contribution in [3.63, 3.8) is 0 Å². The zero-order valence-electron chi connectivity index (χ0n) is 50.0. The monoisotopic (exact) mass is 1100 g/mol. The molecule has 84 heavy (non-hydrogen) atoms. The Morgan fingerprint density at radius 3 is 0.988 bits per heavy atom. The van der Waals surface area contributed by atoms with Crippen molar-refractivity contribution in [2.24, 2.45) is 0 Å². The van der Waals surface area contributed by atoms with Crippen LogP contribution in [0.15, 0.2) is 158 Å². The number of fused-ring (bicyclic) bond motifs is 20. The van der Waals surface area contributed by atoms with E-state index in [1.807, 2.05) is 36.4 Å². The van der Waals surface area contributed by atoms with Gasteiger partial charge in [-0.2, -0.15) is 0 Å². The standard InChI is InChI=1S/C74H70N8O2/c1-71(2,3)47-33-45(34-48(37-47)72(4,5)6)53-25-17-29-57-61(53)69-79-63-55-27-15-23-51(43-21-13-19-41(31-43)39-83)59(55)68(75-63)78-66-58-30-18-26-54(46-35-49(73(7,8)9)38-50(36-46)74(10,11)12)62(58)70(82-66)80-64-56-28-16-24-52(44-22-14-20-42(32-44)40-84)60(56)67(76-64)77-65(57)81-69/h13-38,83-84H,39-40H2,1-12H3,(H2,75,76,77,78,79,80,81,82). The second kappa shape index (κ2) is 19.9. The topological polar surface area (TPSA) is 149 Å². The molecule has 0 fully saturated rings. The van der Waals surface area contributed by atoms with Gasteiger partial charge in [0.05, 0.1) is 13.2 Å². The summed E-state index contributed by atoms with van der Waals surface area (Å²) in [5.41, 5.74) is 19.5. The zero-order valence-corrected chi connectivity index (χ0v) is 50.0. The molecule has 10 heteroatoms. The molecule has 0 saturated carbocycles. The van der Waals surface area contributed by atoms with Gasteiger partial charge in [0, 0.05) is 43.8 Å². The summed E-state index contributed by atoms with van der Waals surface area (Å²) < 4.78 is 0. The molecule has 2 aliphatic rings. The Morgan fingerprint density at radius 1 is 0.310 bits per heavy atom. The summed E-state index contributed by atoms with van der Waals surface area (Å²) in [7, 11) is 0. The van der Waals surface area contributed by atoms with E-state index in [4.69, 9.17) is 29.9 Å². The summed E-state index contributed by atoms with van der Waals surface area (Å²) in [4.78, 5) is 41.1. The highest BCUT2D eigenvalue weighted by atomic mass is 16.3. The molecule has 13 rings (SSSR count). The quantitative estimate of drug-likeness (QED) is 0.129. The third kappa shape index (κ3) is 9.57. The van der Waals surface area contributed by atoms with Crippen molar-refractivity contribution in [1.82, 2.24) is 39.9 Å². The Labute approximate surface area is 490 Å². The van der Waals surface area contributed by atoms with Crippen LogP contribution < -0.4 is 0 Å². The second-order valence-corrected chi connectivity index (χ2v) is 26.8. The minimum atomic E-state index is -0.133. The van der Waals surface area contributed by atoms with Gasteiger partial charge in [-0.15, -0.1) is 0 Å². The number of aliphatic hydroxyl groups is 2. The van der Waals surface area contributed by atoms with Gasteiger partial charge in [0.15, 0.2) is 23.3 Å². The third-order valence-electron chi connectivity index (χ3n) is 16.7. The predicted octanol–water partition coefficient (Wildman–Crippen LogP) is 17.7. The molecule has 0 amide bonds. The van der Waals surface area contributed by atoms with Crippen molar-refractivity contribution in [3.8, 4) is 90.1 Å². The molecule has 4 N–H and O–H groups in total. The minimum Gasteiger partial charge on any atom is -0.392 e. The number of rotatable bonds is 6. The van der Waals surface area contributed by atoms with Crippen LogP contribution in [0.5, 0.6) is 0 Å². The molecule has 0 atom stereocenters. The summed E-state index contributed by atoms with van der Waals surface area (Å²) in [6.45, 7) is 27.0. The molecule has 3 aromatic heterocycles. The molecule has 0 unspecified atom stereocenters. The highest BCUT2D eigenvalue weighted by molar-refractivity contribution is 6.14. The first kappa shape index (κ1) is 54.3. The average Bonchev–Trinajstić information content (AvgIpc) is 2.01. The number of benzene rings is 8. The Hall–Kier alpha value is -8.96. The van der Waals surface area contributed by atoms with E-state index in [9.17, 15) is 10.2 Å². The second-order valence-electron chi connectivity index (χ2n) is 26.8. The lowest BCUT2D eigenvalue weighted by molar-refractivity contribution is 0.281. The van der Waals surface area contributed by atoms with Gasteiger partial charge in [-0.1, -0.05) is 229 Å². The van der Waals surface area contributed by atoms with Crippen LogP contribution in [0.3, 0.4) is 0 Å². The third-order valence-corrected chi connectivity index (χ3v) is 16.7. The largest absolute Gasteiger partial charge is 0.392 e. The van der Waals surface area contributed by atoms with Gasteiger partial charge in [0.25, 0.3) is 0 Å². The number of aliphatic hydroxyl groups excluding tert-OH is 2. The van der Waals surface area contributed by atoms with E-state index in [1.54, 1.807) is 0 Å². The zero-order chi connectivity index (χ0) is 58.8. The molecule has 2 aliphatic heterocycles. The number of nitrogens with zero attached hydrogens (tertiary/aromatic N) is 6. The molecule has 0 saturated heterocycles. The van der Waals surface area contributed by atoms with Crippen molar-refractivity contribution < 1.29 is 10.2 Å². The first-order valence-corrected chi connectivity index (χ1v) is 29.1. The van der Waals surface area contributed by atoms with Crippen LogP contribution in [0.25, 0.3) is 134 Å². The Bertz CT molecular complexity index is 4330. The molecule has 8 aromatic carbocycles. The number of H-pyrrole nitrogens is 2. The molecular formula is C74H70N8O2. The maximum Gasteiger partial charge on any atom is 0.165 e. The lowest BCUT2D eigenvalue weighted by atomic mass is 9.78. The van der Waals surface area contributed by atoms with Crippen molar-refractivity contribution in [2.75, 3.05) is 0 Å². The SMILES string of the molecule is CC(C)(C)c1cc(-c2cccc3c2-c2nc-3nc3[nH]c(nc4nc(nc5[nH]c(n2)c2cccc(-c6cccc(CO)c6)c52)-c2cccc(-c5cc(C(C)(C)C)cc(C(C)(C)C)c5)c2-4)c2cccc(-c4cccc(CO)c4)c32)cc(C(C)(C)C)c1. The summed E-state index contributed by atoms with van der Waals surface area (Å²) in [5.74, 6) is 1.98. The number of hydrogen-bond donors (Lipinski definition) is 4. The van der Waals surface area contributed by atoms with E-state index in [-0.39, 0.29) is 34.9 Å². The normalized spacial score (nSPS) is 12.7. The predicted molar refractivity (Wildman–Crippen MR) is 344 cm³/mol. The van der Waals surface area contributed by atoms with Crippen molar-refractivity contribution in [1.29, 1.82) is 0 Å². The van der Waals surface area contributed by atoms with Gasteiger partial charge < -0.3 is 20.2 Å². The highest BCUT2D eigenvalue weighted by Gasteiger charge is 2.30. The Morgan fingerprint density at radius 2 is 0.631 bits per heavy atom. The fourth-order valence-electron chi connectivity index (χ4n) is 11.9. The van der Waals surface area contributed by atoms with Crippen LogP contribution in [0.4, 0.5) is 0 Å². The van der Waals surface area contributed by atoms with Gasteiger partial charge in [-0.25, -0.2) is 29.9 Å².